The van der Waals surface area contributed by atoms with E-state index in [1.54, 1.807) is 12.1 Å². The van der Waals surface area contributed by atoms with Gasteiger partial charge in [0.05, 0.1) is 11.9 Å². The monoisotopic (exact) mass is 311 g/mol. The van der Waals surface area contributed by atoms with Crippen molar-refractivity contribution in [1.29, 1.82) is 0 Å². The average Bonchev–Trinajstić information content (AvgIpc) is 2.55. The van der Waals surface area contributed by atoms with E-state index in [1.807, 2.05) is 44.2 Å². The third-order valence-corrected chi connectivity index (χ3v) is 3.31. The number of hydrogen-bond donors (Lipinski definition) is 2. The number of carbonyl (C=O) groups excluding carboxylic acids is 2. The second-order valence-electron chi connectivity index (χ2n) is 5.61. The second-order valence-corrected chi connectivity index (χ2v) is 5.61. The summed E-state index contributed by atoms with van der Waals surface area (Å²) in [6.45, 7) is 3.63. The molecule has 2 N–H and O–H groups in total. The van der Waals surface area contributed by atoms with E-state index in [9.17, 15) is 9.59 Å². The van der Waals surface area contributed by atoms with Gasteiger partial charge in [0.1, 0.15) is 5.82 Å². The Kier molecular flexibility index (Phi) is 5.86. The number of pyridine rings is 1. The van der Waals surface area contributed by atoms with Crippen molar-refractivity contribution in [3.05, 3.63) is 54.2 Å². The van der Waals surface area contributed by atoms with Gasteiger partial charge in [-0.2, -0.15) is 0 Å². The Morgan fingerprint density at radius 1 is 1.04 bits per heavy atom. The van der Waals surface area contributed by atoms with E-state index >= 15 is 0 Å². The molecular weight excluding hydrogens is 290 g/mol. The van der Waals surface area contributed by atoms with Gasteiger partial charge in [-0.05, 0) is 24.1 Å². The number of aryl methyl sites for hydroxylation is 1. The van der Waals surface area contributed by atoms with Gasteiger partial charge in [-0.3, -0.25) is 9.59 Å². The molecule has 0 atom stereocenters. The predicted molar refractivity (Wildman–Crippen MR) is 91.1 cm³/mol. The number of nitrogens with zero attached hydrogens (tertiary/aromatic N) is 1. The van der Waals surface area contributed by atoms with Crippen LogP contribution < -0.4 is 10.6 Å². The number of aromatic nitrogens is 1. The highest BCUT2D eigenvalue weighted by molar-refractivity contribution is 5.92. The highest BCUT2D eigenvalue weighted by Gasteiger charge is 2.08. The minimum absolute atomic E-state index is 0.0605. The zero-order chi connectivity index (χ0) is 16.7. The van der Waals surface area contributed by atoms with E-state index < -0.39 is 0 Å². The Labute approximate surface area is 136 Å². The number of hydrogen-bond acceptors (Lipinski definition) is 3. The van der Waals surface area contributed by atoms with E-state index in [4.69, 9.17) is 0 Å². The van der Waals surface area contributed by atoms with Crippen LogP contribution in [-0.2, 0) is 16.0 Å². The zero-order valence-electron chi connectivity index (χ0n) is 13.4. The van der Waals surface area contributed by atoms with Crippen molar-refractivity contribution in [2.24, 2.45) is 5.92 Å². The average molecular weight is 311 g/mol. The summed E-state index contributed by atoms with van der Waals surface area (Å²) in [6.07, 6.45) is 2.65. The summed E-state index contributed by atoms with van der Waals surface area (Å²) < 4.78 is 0. The number of anilines is 2. The van der Waals surface area contributed by atoms with Crippen LogP contribution >= 0.6 is 0 Å². The lowest BCUT2D eigenvalue weighted by atomic mass is 10.1. The van der Waals surface area contributed by atoms with Crippen LogP contribution in [0.1, 0.15) is 25.8 Å². The summed E-state index contributed by atoms with van der Waals surface area (Å²) in [5, 5.41) is 5.51. The lowest BCUT2D eigenvalue weighted by Crippen LogP contribution is -2.18. The second kappa shape index (κ2) is 8.08. The molecule has 23 heavy (non-hydrogen) atoms. The molecule has 120 valence electrons. The molecule has 5 heteroatoms. The van der Waals surface area contributed by atoms with Gasteiger partial charge in [-0.25, -0.2) is 4.98 Å². The lowest BCUT2D eigenvalue weighted by Gasteiger charge is -2.08. The van der Waals surface area contributed by atoms with Crippen LogP contribution in [0.25, 0.3) is 0 Å². The van der Waals surface area contributed by atoms with Gasteiger partial charge in [0.2, 0.25) is 11.8 Å². The van der Waals surface area contributed by atoms with Crippen LogP contribution in [0.15, 0.2) is 48.7 Å². The minimum Gasteiger partial charge on any atom is -0.325 e. The number of amides is 2. The molecule has 1 heterocycles. The largest absolute Gasteiger partial charge is 0.325 e. The standard InChI is InChI=1S/C18H21N3O2/c1-13(2)18(23)21-16-10-9-15(12-19-16)20-17(22)11-8-14-6-4-3-5-7-14/h3-7,9-10,12-13H,8,11H2,1-2H3,(H,20,22)(H,19,21,23). The fourth-order valence-corrected chi connectivity index (χ4v) is 1.94. The van der Waals surface area contributed by atoms with Gasteiger partial charge in [-0.1, -0.05) is 44.2 Å². The van der Waals surface area contributed by atoms with E-state index in [-0.39, 0.29) is 17.7 Å². The fourth-order valence-electron chi connectivity index (χ4n) is 1.94. The molecule has 0 aliphatic rings. The normalized spacial score (nSPS) is 10.4. The molecule has 2 rings (SSSR count). The highest BCUT2D eigenvalue weighted by Crippen LogP contribution is 2.11. The molecule has 1 aromatic carbocycles. The maximum Gasteiger partial charge on any atom is 0.228 e. The lowest BCUT2D eigenvalue weighted by molar-refractivity contribution is -0.119. The number of rotatable bonds is 6. The van der Waals surface area contributed by atoms with E-state index in [0.29, 0.717) is 24.3 Å². The fraction of sp³-hybridized carbons (Fsp3) is 0.278. The van der Waals surface area contributed by atoms with E-state index in [0.717, 1.165) is 5.56 Å². The molecule has 5 nitrogen and oxygen atoms in total. The van der Waals surface area contributed by atoms with Gasteiger partial charge in [0, 0.05) is 12.3 Å². The number of carbonyl (C=O) groups is 2. The van der Waals surface area contributed by atoms with Crippen LogP contribution in [-0.4, -0.2) is 16.8 Å². The van der Waals surface area contributed by atoms with Gasteiger partial charge < -0.3 is 10.6 Å². The van der Waals surface area contributed by atoms with Crippen LogP contribution in [0.2, 0.25) is 0 Å². The Balaban J connectivity index is 1.83. The molecule has 0 fully saturated rings. The van der Waals surface area contributed by atoms with E-state index in [2.05, 4.69) is 15.6 Å². The summed E-state index contributed by atoms with van der Waals surface area (Å²) >= 11 is 0. The smallest absolute Gasteiger partial charge is 0.228 e. The molecule has 2 amide bonds. The predicted octanol–water partition coefficient (Wildman–Crippen LogP) is 3.25. The van der Waals surface area contributed by atoms with Crippen molar-refractivity contribution in [2.75, 3.05) is 10.6 Å². The Morgan fingerprint density at radius 2 is 1.78 bits per heavy atom. The van der Waals surface area contributed by atoms with Crippen LogP contribution in [0, 0.1) is 5.92 Å². The van der Waals surface area contributed by atoms with Crippen molar-refractivity contribution < 1.29 is 9.59 Å². The van der Waals surface area contributed by atoms with Crippen molar-refractivity contribution in [3.8, 4) is 0 Å². The van der Waals surface area contributed by atoms with Gasteiger partial charge in [-0.15, -0.1) is 0 Å². The molecule has 0 aliphatic heterocycles. The van der Waals surface area contributed by atoms with Crippen LogP contribution in [0.4, 0.5) is 11.5 Å². The van der Waals surface area contributed by atoms with Crippen LogP contribution in [0.3, 0.4) is 0 Å². The Hall–Kier alpha value is -2.69. The molecule has 0 saturated heterocycles. The first-order valence-electron chi connectivity index (χ1n) is 7.65. The summed E-state index contributed by atoms with van der Waals surface area (Å²) in [6, 6.07) is 13.3. The van der Waals surface area contributed by atoms with Crippen LogP contribution in [0.5, 0.6) is 0 Å². The van der Waals surface area contributed by atoms with Gasteiger partial charge >= 0.3 is 0 Å². The molecule has 0 saturated carbocycles. The third kappa shape index (κ3) is 5.54. The van der Waals surface area contributed by atoms with Crippen molar-refractivity contribution >= 4 is 23.3 Å². The molecular formula is C18H21N3O2. The molecule has 0 aliphatic carbocycles. The number of nitrogens with one attached hydrogen (secondary N) is 2. The molecule has 1 aromatic heterocycles. The Morgan fingerprint density at radius 3 is 2.39 bits per heavy atom. The highest BCUT2D eigenvalue weighted by atomic mass is 16.2. The quantitative estimate of drug-likeness (QED) is 0.860. The molecule has 2 aromatic rings. The van der Waals surface area contributed by atoms with Crippen molar-refractivity contribution in [3.63, 3.8) is 0 Å². The van der Waals surface area contributed by atoms with Gasteiger partial charge in [0.25, 0.3) is 0 Å². The summed E-state index contributed by atoms with van der Waals surface area (Å²) in [5.41, 5.74) is 1.75. The van der Waals surface area contributed by atoms with Crippen molar-refractivity contribution in [1.82, 2.24) is 4.98 Å². The summed E-state index contributed by atoms with van der Waals surface area (Å²) in [7, 11) is 0. The first kappa shape index (κ1) is 16.7. The maximum atomic E-state index is 11.9. The van der Waals surface area contributed by atoms with Gasteiger partial charge in [0.15, 0.2) is 0 Å². The molecule has 0 unspecified atom stereocenters. The molecule has 0 bridgehead atoms. The number of benzene rings is 1. The van der Waals surface area contributed by atoms with Crippen molar-refractivity contribution in [2.45, 2.75) is 26.7 Å². The summed E-state index contributed by atoms with van der Waals surface area (Å²) in [5.74, 6) is 0.229. The van der Waals surface area contributed by atoms with E-state index in [1.165, 1.54) is 6.20 Å². The first-order chi connectivity index (χ1) is 11.0. The zero-order valence-corrected chi connectivity index (χ0v) is 13.4. The Bertz CT molecular complexity index is 652. The maximum absolute atomic E-state index is 11.9. The summed E-state index contributed by atoms with van der Waals surface area (Å²) in [4.78, 5) is 27.6. The topological polar surface area (TPSA) is 71.1 Å². The molecule has 0 spiro atoms. The minimum atomic E-state index is -0.103. The first-order valence-corrected chi connectivity index (χ1v) is 7.65. The third-order valence-electron chi connectivity index (χ3n) is 3.31. The SMILES string of the molecule is CC(C)C(=O)Nc1ccc(NC(=O)CCc2ccccc2)cn1. The molecule has 0 radical (unpaired) electrons.